The first kappa shape index (κ1) is 18.3. The molecule has 7 heteroatoms. The van der Waals surface area contributed by atoms with E-state index in [1.165, 1.54) is 18.2 Å². The molecule has 128 valence electrons. The van der Waals surface area contributed by atoms with Crippen molar-refractivity contribution < 1.29 is 13.2 Å². The Morgan fingerprint density at radius 3 is 2.33 bits per heavy atom. The van der Waals surface area contributed by atoms with E-state index in [1.54, 1.807) is 0 Å². The molecule has 0 radical (unpaired) electrons. The van der Waals surface area contributed by atoms with Crippen LogP contribution in [0.3, 0.4) is 0 Å². The molecule has 0 aliphatic carbocycles. The molecule has 2 aromatic carbocycles. The van der Waals surface area contributed by atoms with Crippen LogP contribution in [0.2, 0.25) is 5.02 Å². The minimum Gasteiger partial charge on any atom is -0.348 e. The number of hydrogen-bond donors (Lipinski definition) is 2. The maximum Gasteiger partial charge on any atom is 0.253 e. The summed E-state index contributed by atoms with van der Waals surface area (Å²) >= 11 is 5.94. The monoisotopic (exact) mass is 366 g/mol. The van der Waals surface area contributed by atoms with Crippen LogP contribution in [0.25, 0.3) is 0 Å². The lowest BCUT2D eigenvalue weighted by molar-refractivity contribution is 0.0951. The third kappa shape index (κ3) is 4.72. The van der Waals surface area contributed by atoms with Gasteiger partial charge in [-0.15, -0.1) is 0 Å². The van der Waals surface area contributed by atoms with Crippen molar-refractivity contribution in [3.63, 3.8) is 0 Å². The molecule has 2 aromatic rings. The molecule has 0 spiro atoms. The van der Waals surface area contributed by atoms with Gasteiger partial charge in [0.05, 0.1) is 17.5 Å². The second-order valence-corrected chi connectivity index (χ2v) is 7.80. The number of benzene rings is 2. The van der Waals surface area contributed by atoms with Gasteiger partial charge in [0.25, 0.3) is 5.91 Å². The van der Waals surface area contributed by atoms with Crippen molar-refractivity contribution in [2.75, 3.05) is 11.0 Å². The number of halogens is 1. The van der Waals surface area contributed by atoms with Gasteiger partial charge in [0.2, 0.25) is 10.0 Å². The molecule has 0 atom stereocenters. The van der Waals surface area contributed by atoms with Crippen LogP contribution in [0.15, 0.2) is 36.4 Å². The van der Waals surface area contributed by atoms with Crippen molar-refractivity contribution in [3.05, 3.63) is 63.7 Å². The number of rotatable bonds is 5. The zero-order valence-corrected chi connectivity index (χ0v) is 15.3. The fourth-order valence-corrected chi connectivity index (χ4v) is 3.13. The standard InChI is InChI=1S/C17H19ClN2O3S/c1-11-5-4-6-12(2)15(11)10-19-17(21)14-9-13(18)7-8-16(14)20-24(3,22)23/h4-9,20H,10H2,1-3H3,(H,19,21). The molecular weight excluding hydrogens is 348 g/mol. The lowest BCUT2D eigenvalue weighted by Gasteiger charge is -2.14. The van der Waals surface area contributed by atoms with Crippen molar-refractivity contribution >= 4 is 33.2 Å². The van der Waals surface area contributed by atoms with Gasteiger partial charge < -0.3 is 5.32 Å². The predicted octanol–water partition coefficient (Wildman–Crippen LogP) is 3.26. The summed E-state index contributed by atoms with van der Waals surface area (Å²) in [7, 11) is -3.50. The molecule has 0 saturated heterocycles. The first-order chi connectivity index (χ1) is 11.2. The van der Waals surface area contributed by atoms with E-state index in [2.05, 4.69) is 10.0 Å². The fourth-order valence-electron chi connectivity index (χ4n) is 2.38. The van der Waals surface area contributed by atoms with Crippen LogP contribution in [0.1, 0.15) is 27.0 Å². The van der Waals surface area contributed by atoms with E-state index in [0.717, 1.165) is 22.9 Å². The third-order valence-corrected chi connectivity index (χ3v) is 4.42. The van der Waals surface area contributed by atoms with Crippen LogP contribution in [0, 0.1) is 13.8 Å². The lowest BCUT2D eigenvalue weighted by atomic mass is 10.0. The first-order valence-electron chi connectivity index (χ1n) is 7.28. The van der Waals surface area contributed by atoms with Crippen molar-refractivity contribution in [1.82, 2.24) is 5.32 Å². The zero-order valence-electron chi connectivity index (χ0n) is 13.7. The Hall–Kier alpha value is -2.05. The van der Waals surface area contributed by atoms with Gasteiger partial charge in [-0.25, -0.2) is 8.42 Å². The molecule has 0 saturated carbocycles. The Morgan fingerprint density at radius 2 is 1.75 bits per heavy atom. The minimum absolute atomic E-state index is 0.180. The van der Waals surface area contributed by atoms with E-state index >= 15 is 0 Å². The molecule has 0 aliphatic rings. The molecule has 0 unspecified atom stereocenters. The highest BCUT2D eigenvalue weighted by Crippen LogP contribution is 2.22. The van der Waals surface area contributed by atoms with Crippen LogP contribution in [-0.2, 0) is 16.6 Å². The topological polar surface area (TPSA) is 75.3 Å². The molecule has 0 aliphatic heterocycles. The summed E-state index contributed by atoms with van der Waals surface area (Å²) in [6.45, 7) is 4.30. The van der Waals surface area contributed by atoms with Crippen LogP contribution < -0.4 is 10.0 Å². The predicted molar refractivity (Wildman–Crippen MR) is 97.0 cm³/mol. The van der Waals surface area contributed by atoms with Gasteiger partial charge in [0, 0.05) is 11.6 Å². The quantitative estimate of drug-likeness (QED) is 0.852. The highest BCUT2D eigenvalue weighted by molar-refractivity contribution is 7.92. The number of anilines is 1. The van der Waals surface area contributed by atoms with Crippen LogP contribution in [0.4, 0.5) is 5.69 Å². The molecule has 2 rings (SSSR count). The van der Waals surface area contributed by atoms with E-state index in [4.69, 9.17) is 11.6 Å². The van der Waals surface area contributed by atoms with Crippen LogP contribution >= 0.6 is 11.6 Å². The summed E-state index contributed by atoms with van der Waals surface area (Å²) in [5.41, 5.74) is 3.57. The van der Waals surface area contributed by atoms with Gasteiger partial charge in [-0.2, -0.15) is 0 Å². The molecule has 0 aromatic heterocycles. The maximum atomic E-state index is 12.5. The molecule has 0 fully saturated rings. The molecule has 1 amide bonds. The molecule has 2 N–H and O–H groups in total. The van der Waals surface area contributed by atoms with Crippen molar-refractivity contribution in [2.45, 2.75) is 20.4 Å². The Kier molecular flexibility index (Phi) is 5.51. The number of nitrogens with one attached hydrogen (secondary N) is 2. The SMILES string of the molecule is Cc1cccc(C)c1CNC(=O)c1cc(Cl)ccc1NS(C)(=O)=O. The summed E-state index contributed by atoms with van der Waals surface area (Å²) in [4.78, 5) is 12.5. The number of amides is 1. The smallest absolute Gasteiger partial charge is 0.253 e. The summed E-state index contributed by atoms with van der Waals surface area (Å²) in [5.74, 6) is -0.397. The summed E-state index contributed by atoms with van der Waals surface area (Å²) in [5, 5.41) is 3.17. The second kappa shape index (κ2) is 7.23. The summed E-state index contributed by atoms with van der Waals surface area (Å²) < 4.78 is 25.2. The summed E-state index contributed by atoms with van der Waals surface area (Å²) in [6, 6.07) is 10.3. The van der Waals surface area contributed by atoms with Gasteiger partial charge >= 0.3 is 0 Å². The van der Waals surface area contributed by atoms with Gasteiger partial charge in [-0.05, 0) is 48.7 Å². The summed E-state index contributed by atoms with van der Waals surface area (Å²) in [6.07, 6.45) is 1.03. The fraction of sp³-hybridized carbons (Fsp3) is 0.235. The molecule has 5 nitrogen and oxygen atoms in total. The third-order valence-electron chi connectivity index (χ3n) is 3.59. The van der Waals surface area contributed by atoms with E-state index in [0.29, 0.717) is 11.6 Å². The van der Waals surface area contributed by atoms with Crippen molar-refractivity contribution in [3.8, 4) is 0 Å². The zero-order chi connectivity index (χ0) is 17.9. The Labute approximate surface area is 147 Å². The number of aryl methyl sites for hydroxylation is 2. The van der Waals surface area contributed by atoms with E-state index in [9.17, 15) is 13.2 Å². The Morgan fingerprint density at radius 1 is 1.12 bits per heavy atom. The van der Waals surface area contributed by atoms with Crippen molar-refractivity contribution in [2.24, 2.45) is 0 Å². The van der Waals surface area contributed by atoms with E-state index in [1.807, 2.05) is 32.0 Å². The maximum absolute atomic E-state index is 12.5. The minimum atomic E-state index is -3.50. The molecule has 0 heterocycles. The lowest BCUT2D eigenvalue weighted by Crippen LogP contribution is -2.25. The Bertz CT molecular complexity index is 859. The number of sulfonamides is 1. The molecule has 24 heavy (non-hydrogen) atoms. The van der Waals surface area contributed by atoms with Gasteiger partial charge in [-0.3, -0.25) is 9.52 Å². The Balaban J connectivity index is 2.25. The highest BCUT2D eigenvalue weighted by atomic mass is 35.5. The molecular formula is C17H19ClN2O3S. The van der Waals surface area contributed by atoms with Crippen LogP contribution in [-0.4, -0.2) is 20.6 Å². The van der Waals surface area contributed by atoms with Crippen LogP contribution in [0.5, 0.6) is 0 Å². The first-order valence-corrected chi connectivity index (χ1v) is 9.55. The molecule has 0 bridgehead atoms. The van der Waals surface area contributed by atoms with Gasteiger partial charge in [0.1, 0.15) is 0 Å². The normalized spacial score (nSPS) is 11.2. The highest BCUT2D eigenvalue weighted by Gasteiger charge is 2.15. The average Bonchev–Trinajstić information content (AvgIpc) is 2.47. The second-order valence-electron chi connectivity index (χ2n) is 5.62. The largest absolute Gasteiger partial charge is 0.348 e. The number of carbonyl (C=O) groups excluding carboxylic acids is 1. The number of hydrogen-bond acceptors (Lipinski definition) is 3. The van der Waals surface area contributed by atoms with Gasteiger partial charge in [-0.1, -0.05) is 29.8 Å². The number of carbonyl (C=O) groups is 1. The van der Waals surface area contributed by atoms with Gasteiger partial charge in [0.15, 0.2) is 0 Å². The van der Waals surface area contributed by atoms with E-state index < -0.39 is 15.9 Å². The van der Waals surface area contributed by atoms with Crippen molar-refractivity contribution in [1.29, 1.82) is 0 Å². The average molecular weight is 367 g/mol. The van der Waals surface area contributed by atoms with E-state index in [-0.39, 0.29) is 11.3 Å².